The van der Waals surface area contributed by atoms with Gasteiger partial charge in [-0.25, -0.2) is 0 Å². The number of carbonyl (C=O) groups excluding carboxylic acids is 2. The van der Waals surface area contributed by atoms with Crippen molar-refractivity contribution in [3.05, 3.63) is 35.4 Å². The molecule has 0 aliphatic carbocycles. The minimum atomic E-state index is 0.0563. The zero-order chi connectivity index (χ0) is 17.6. The Kier molecular flexibility index (Phi) is 6.04. The highest BCUT2D eigenvalue weighted by Crippen LogP contribution is 2.17. The highest BCUT2D eigenvalue weighted by molar-refractivity contribution is 5.78. The van der Waals surface area contributed by atoms with Gasteiger partial charge in [0.15, 0.2) is 0 Å². The van der Waals surface area contributed by atoms with Crippen LogP contribution in [0.25, 0.3) is 0 Å². The van der Waals surface area contributed by atoms with Gasteiger partial charge in [-0.3, -0.25) is 14.5 Å². The minimum absolute atomic E-state index is 0.0563. The summed E-state index contributed by atoms with van der Waals surface area (Å²) in [6.45, 7) is 7.33. The van der Waals surface area contributed by atoms with Crippen LogP contribution in [0.3, 0.4) is 0 Å². The maximum atomic E-state index is 12.3. The molecule has 6 nitrogen and oxygen atoms in total. The molecular formula is C19H28N4O2. The average Bonchev–Trinajstić information content (AvgIpc) is 3.01. The van der Waals surface area contributed by atoms with Crippen molar-refractivity contribution >= 4 is 11.8 Å². The van der Waals surface area contributed by atoms with Crippen molar-refractivity contribution < 1.29 is 9.59 Å². The Morgan fingerprint density at radius 1 is 1.28 bits per heavy atom. The molecule has 2 saturated heterocycles. The summed E-state index contributed by atoms with van der Waals surface area (Å²) in [6, 6.07) is 8.43. The van der Waals surface area contributed by atoms with Gasteiger partial charge < -0.3 is 15.5 Å². The summed E-state index contributed by atoms with van der Waals surface area (Å²) >= 11 is 0. The van der Waals surface area contributed by atoms with E-state index in [0.717, 1.165) is 43.7 Å². The lowest BCUT2D eigenvalue weighted by molar-refractivity contribution is -0.128. The van der Waals surface area contributed by atoms with Crippen LogP contribution in [-0.4, -0.2) is 60.4 Å². The number of rotatable bonds is 6. The first-order chi connectivity index (χ1) is 12.1. The molecule has 1 atom stereocenters. The molecule has 136 valence electrons. The summed E-state index contributed by atoms with van der Waals surface area (Å²) in [5, 5.41) is 6.37. The number of amides is 2. The first kappa shape index (κ1) is 17.9. The Balaban J connectivity index is 1.54. The van der Waals surface area contributed by atoms with Crippen LogP contribution in [0, 0.1) is 0 Å². The quantitative estimate of drug-likeness (QED) is 0.798. The van der Waals surface area contributed by atoms with Gasteiger partial charge in [-0.2, -0.15) is 0 Å². The zero-order valence-electron chi connectivity index (χ0n) is 15.0. The molecule has 0 aromatic heterocycles. The summed E-state index contributed by atoms with van der Waals surface area (Å²) in [7, 11) is 0. The van der Waals surface area contributed by atoms with Crippen molar-refractivity contribution in [2.45, 2.75) is 38.9 Å². The number of likely N-dealkylation sites (tertiary alicyclic amines) is 1. The van der Waals surface area contributed by atoms with Gasteiger partial charge in [0, 0.05) is 51.7 Å². The van der Waals surface area contributed by atoms with E-state index in [0.29, 0.717) is 32.1 Å². The molecule has 25 heavy (non-hydrogen) atoms. The van der Waals surface area contributed by atoms with E-state index >= 15 is 0 Å². The normalized spacial score (nSPS) is 21.6. The summed E-state index contributed by atoms with van der Waals surface area (Å²) < 4.78 is 0. The SMILES string of the molecule is C[C@@H]1CNCCN1CC(=O)NCc1ccccc1CN1CCCC1=O. The Hall–Kier alpha value is -1.92. The molecule has 2 amide bonds. The predicted molar refractivity (Wildman–Crippen MR) is 96.8 cm³/mol. The third-order valence-corrected chi connectivity index (χ3v) is 5.11. The van der Waals surface area contributed by atoms with Gasteiger partial charge in [-0.05, 0) is 24.5 Å². The lowest BCUT2D eigenvalue weighted by atomic mass is 10.1. The lowest BCUT2D eigenvalue weighted by Gasteiger charge is -2.33. The third-order valence-electron chi connectivity index (χ3n) is 5.11. The molecule has 2 heterocycles. The highest BCUT2D eigenvalue weighted by atomic mass is 16.2. The first-order valence-corrected chi connectivity index (χ1v) is 9.19. The summed E-state index contributed by atoms with van der Waals surface area (Å²) in [6.07, 6.45) is 1.60. The Labute approximate surface area is 149 Å². The van der Waals surface area contributed by atoms with Crippen LogP contribution in [0.5, 0.6) is 0 Å². The molecule has 0 spiro atoms. The van der Waals surface area contributed by atoms with E-state index in [1.165, 1.54) is 0 Å². The number of hydrogen-bond donors (Lipinski definition) is 2. The van der Waals surface area contributed by atoms with Crippen molar-refractivity contribution in [2.24, 2.45) is 0 Å². The van der Waals surface area contributed by atoms with Crippen LogP contribution in [0.2, 0.25) is 0 Å². The fourth-order valence-corrected chi connectivity index (χ4v) is 3.51. The molecule has 0 bridgehead atoms. The van der Waals surface area contributed by atoms with Gasteiger partial charge in [-0.1, -0.05) is 24.3 Å². The van der Waals surface area contributed by atoms with Crippen LogP contribution in [0.1, 0.15) is 30.9 Å². The number of hydrogen-bond acceptors (Lipinski definition) is 4. The fraction of sp³-hybridized carbons (Fsp3) is 0.579. The molecule has 0 unspecified atom stereocenters. The van der Waals surface area contributed by atoms with Crippen molar-refractivity contribution in [2.75, 3.05) is 32.7 Å². The van der Waals surface area contributed by atoms with Gasteiger partial charge in [0.05, 0.1) is 6.54 Å². The maximum absolute atomic E-state index is 12.3. The second-order valence-corrected chi connectivity index (χ2v) is 6.99. The smallest absolute Gasteiger partial charge is 0.234 e. The minimum Gasteiger partial charge on any atom is -0.351 e. The average molecular weight is 344 g/mol. The fourth-order valence-electron chi connectivity index (χ4n) is 3.51. The summed E-state index contributed by atoms with van der Waals surface area (Å²) in [5.74, 6) is 0.285. The number of piperazine rings is 1. The molecule has 2 fully saturated rings. The van der Waals surface area contributed by atoms with E-state index in [1.807, 2.05) is 29.2 Å². The standard InChI is InChI=1S/C19H28N4O2/c1-15-11-20-8-10-22(15)14-18(24)21-12-16-5-2-3-6-17(16)13-23-9-4-7-19(23)25/h2-3,5-6,15,20H,4,7-14H2,1H3,(H,21,24)/t15-/m1/s1. The van der Waals surface area contributed by atoms with Crippen LogP contribution in [-0.2, 0) is 22.7 Å². The van der Waals surface area contributed by atoms with E-state index in [4.69, 9.17) is 0 Å². The molecule has 1 aromatic rings. The van der Waals surface area contributed by atoms with Gasteiger partial charge in [0.2, 0.25) is 11.8 Å². The molecular weight excluding hydrogens is 316 g/mol. The van der Waals surface area contributed by atoms with E-state index in [2.05, 4.69) is 22.5 Å². The number of nitrogens with one attached hydrogen (secondary N) is 2. The van der Waals surface area contributed by atoms with E-state index in [9.17, 15) is 9.59 Å². The maximum Gasteiger partial charge on any atom is 0.234 e. The van der Waals surface area contributed by atoms with Gasteiger partial charge in [-0.15, -0.1) is 0 Å². The van der Waals surface area contributed by atoms with E-state index in [1.54, 1.807) is 0 Å². The molecule has 0 radical (unpaired) electrons. The Morgan fingerprint density at radius 3 is 2.80 bits per heavy atom. The monoisotopic (exact) mass is 344 g/mol. The molecule has 1 aromatic carbocycles. The second-order valence-electron chi connectivity index (χ2n) is 6.99. The molecule has 2 aliphatic heterocycles. The van der Waals surface area contributed by atoms with Crippen LogP contribution in [0.15, 0.2) is 24.3 Å². The van der Waals surface area contributed by atoms with E-state index in [-0.39, 0.29) is 11.8 Å². The predicted octanol–water partition coefficient (Wildman–Crippen LogP) is 0.719. The third kappa shape index (κ3) is 4.80. The lowest BCUT2D eigenvalue weighted by Crippen LogP contribution is -2.52. The van der Waals surface area contributed by atoms with Crippen molar-refractivity contribution in [1.29, 1.82) is 0 Å². The van der Waals surface area contributed by atoms with Gasteiger partial charge in [0.1, 0.15) is 0 Å². The molecule has 3 rings (SSSR count). The summed E-state index contributed by atoms with van der Waals surface area (Å²) in [5.41, 5.74) is 2.21. The largest absolute Gasteiger partial charge is 0.351 e. The number of benzene rings is 1. The molecule has 6 heteroatoms. The Morgan fingerprint density at radius 2 is 2.08 bits per heavy atom. The van der Waals surface area contributed by atoms with Crippen molar-refractivity contribution in [3.8, 4) is 0 Å². The van der Waals surface area contributed by atoms with Crippen molar-refractivity contribution in [3.63, 3.8) is 0 Å². The van der Waals surface area contributed by atoms with Gasteiger partial charge in [0.25, 0.3) is 0 Å². The highest BCUT2D eigenvalue weighted by Gasteiger charge is 2.22. The Bertz CT molecular complexity index is 619. The van der Waals surface area contributed by atoms with Gasteiger partial charge >= 0.3 is 0 Å². The van der Waals surface area contributed by atoms with Crippen LogP contribution in [0.4, 0.5) is 0 Å². The molecule has 2 aliphatic rings. The second kappa shape index (κ2) is 8.45. The molecule has 2 N–H and O–H groups in total. The van der Waals surface area contributed by atoms with Crippen LogP contribution < -0.4 is 10.6 Å². The number of carbonyl (C=O) groups is 2. The van der Waals surface area contributed by atoms with E-state index < -0.39 is 0 Å². The zero-order valence-corrected chi connectivity index (χ0v) is 15.0. The summed E-state index contributed by atoms with van der Waals surface area (Å²) in [4.78, 5) is 28.3. The van der Waals surface area contributed by atoms with Crippen molar-refractivity contribution in [1.82, 2.24) is 20.4 Å². The first-order valence-electron chi connectivity index (χ1n) is 9.19. The number of nitrogens with zero attached hydrogens (tertiary/aromatic N) is 2. The van der Waals surface area contributed by atoms with Crippen LogP contribution >= 0.6 is 0 Å². The molecule has 0 saturated carbocycles. The topological polar surface area (TPSA) is 64.7 Å².